The number of methoxy groups -OCH3 is 1. The van der Waals surface area contributed by atoms with Crippen LogP contribution in [0.2, 0.25) is 0 Å². The van der Waals surface area contributed by atoms with Gasteiger partial charge < -0.3 is 23.5 Å². The second-order valence-electron chi connectivity index (χ2n) is 7.67. The number of hydrogen-bond donors (Lipinski definition) is 0. The van der Waals surface area contributed by atoms with Gasteiger partial charge in [-0.25, -0.2) is 4.79 Å². The van der Waals surface area contributed by atoms with Gasteiger partial charge in [0, 0.05) is 5.82 Å². The van der Waals surface area contributed by atoms with E-state index in [4.69, 9.17) is 23.5 Å². The summed E-state index contributed by atoms with van der Waals surface area (Å²) in [6.07, 6.45) is 0.121. The Labute approximate surface area is 166 Å². The maximum absolute atomic E-state index is 12.0. The van der Waals surface area contributed by atoms with E-state index in [2.05, 4.69) is 0 Å². The second kappa shape index (κ2) is 8.96. The van der Waals surface area contributed by atoms with Crippen LogP contribution in [0, 0.1) is 0 Å². The number of esters is 2. The third kappa shape index (κ3) is 5.26. The average molecular weight is 392 g/mol. The summed E-state index contributed by atoms with van der Waals surface area (Å²) in [7, 11) is 0.770. The Kier molecular flexibility index (Phi) is 7.12. The van der Waals surface area contributed by atoms with Crippen molar-refractivity contribution in [2.45, 2.75) is 58.1 Å². The van der Waals surface area contributed by atoms with E-state index in [0.717, 1.165) is 5.56 Å². The maximum atomic E-state index is 12.0. The van der Waals surface area contributed by atoms with E-state index in [1.807, 2.05) is 39.8 Å². The van der Waals surface area contributed by atoms with Crippen LogP contribution in [-0.4, -0.2) is 50.6 Å². The molecule has 1 heterocycles. The zero-order chi connectivity index (χ0) is 20.9. The summed E-state index contributed by atoms with van der Waals surface area (Å²) in [5.41, 5.74) is -0.156. The Morgan fingerprint density at radius 2 is 1.61 bits per heavy atom. The first kappa shape index (κ1) is 22.2. The standard InChI is InChI=1S/C20H29BO7/c1-7-25-18(23)13-26-15-10-8-14(9-11-15)16(12-17(22)24-6)21-27-19(2,3)20(4,5)28-21/h8-11,16H,7,12-13H2,1-6H3. The van der Waals surface area contributed by atoms with Crippen LogP contribution in [0.15, 0.2) is 24.3 Å². The average Bonchev–Trinajstić information content (AvgIpc) is 2.85. The molecule has 1 atom stereocenters. The second-order valence-corrected chi connectivity index (χ2v) is 7.67. The van der Waals surface area contributed by atoms with Crippen LogP contribution in [0.5, 0.6) is 5.75 Å². The minimum atomic E-state index is -0.588. The molecule has 0 saturated carbocycles. The van der Waals surface area contributed by atoms with Gasteiger partial charge in [-0.2, -0.15) is 0 Å². The van der Waals surface area contributed by atoms with Crippen molar-refractivity contribution in [2.75, 3.05) is 20.3 Å². The predicted octanol–water partition coefficient (Wildman–Crippen LogP) is 2.91. The van der Waals surface area contributed by atoms with Gasteiger partial charge in [0.05, 0.1) is 31.3 Å². The predicted molar refractivity (Wildman–Crippen MR) is 104 cm³/mol. The molecular formula is C20H29BO7. The van der Waals surface area contributed by atoms with E-state index in [1.54, 1.807) is 19.1 Å². The van der Waals surface area contributed by atoms with E-state index >= 15 is 0 Å². The first-order valence-corrected chi connectivity index (χ1v) is 9.40. The lowest BCUT2D eigenvalue weighted by atomic mass is 9.66. The molecule has 1 saturated heterocycles. The zero-order valence-electron chi connectivity index (χ0n) is 17.4. The van der Waals surface area contributed by atoms with Crippen molar-refractivity contribution >= 4 is 19.1 Å². The maximum Gasteiger partial charge on any atom is 0.466 e. The van der Waals surface area contributed by atoms with Crippen molar-refractivity contribution in [1.29, 1.82) is 0 Å². The SMILES string of the molecule is CCOC(=O)COc1ccc(C(CC(=O)OC)B2OC(C)(C)C(C)(C)O2)cc1. The van der Waals surface area contributed by atoms with Crippen molar-refractivity contribution in [3.05, 3.63) is 29.8 Å². The third-order valence-electron chi connectivity index (χ3n) is 5.18. The smallest absolute Gasteiger partial charge is 0.466 e. The van der Waals surface area contributed by atoms with Crippen LogP contribution < -0.4 is 4.74 Å². The highest BCUT2D eigenvalue weighted by molar-refractivity contribution is 6.48. The molecule has 2 rings (SSSR count). The number of rotatable bonds is 8. The first-order chi connectivity index (χ1) is 13.1. The third-order valence-corrected chi connectivity index (χ3v) is 5.18. The summed E-state index contributed by atoms with van der Waals surface area (Å²) in [4.78, 5) is 23.4. The highest BCUT2D eigenvalue weighted by Crippen LogP contribution is 2.42. The van der Waals surface area contributed by atoms with Crippen molar-refractivity contribution < 1.29 is 33.1 Å². The van der Waals surface area contributed by atoms with Gasteiger partial charge in [0.2, 0.25) is 0 Å². The fourth-order valence-corrected chi connectivity index (χ4v) is 2.84. The van der Waals surface area contributed by atoms with Crippen LogP contribution >= 0.6 is 0 Å². The van der Waals surface area contributed by atoms with E-state index in [-0.39, 0.29) is 24.8 Å². The molecule has 0 aromatic heterocycles. The van der Waals surface area contributed by atoms with Crippen LogP contribution in [0.4, 0.5) is 0 Å². The Bertz CT molecular complexity index is 668. The molecule has 0 radical (unpaired) electrons. The van der Waals surface area contributed by atoms with Crippen LogP contribution in [-0.2, 0) is 28.4 Å². The molecule has 154 valence electrons. The molecule has 1 fully saturated rings. The first-order valence-electron chi connectivity index (χ1n) is 9.40. The molecule has 0 aliphatic carbocycles. The molecule has 8 heteroatoms. The number of benzene rings is 1. The summed E-state index contributed by atoms with van der Waals surface area (Å²) in [5, 5.41) is 0. The monoisotopic (exact) mass is 392 g/mol. The highest BCUT2D eigenvalue weighted by Gasteiger charge is 2.54. The molecular weight excluding hydrogens is 363 g/mol. The molecule has 1 unspecified atom stereocenters. The molecule has 1 aromatic rings. The minimum absolute atomic E-state index is 0.121. The van der Waals surface area contributed by atoms with Gasteiger partial charge in [-0.05, 0) is 52.3 Å². The Balaban J connectivity index is 2.15. The quantitative estimate of drug-likeness (QED) is 0.497. The normalized spacial score (nSPS) is 18.4. The summed E-state index contributed by atoms with van der Waals surface area (Å²) in [6.45, 7) is 9.76. The molecule has 0 bridgehead atoms. The van der Waals surface area contributed by atoms with Gasteiger partial charge in [-0.15, -0.1) is 0 Å². The lowest BCUT2D eigenvalue weighted by molar-refractivity contribution is -0.145. The number of carbonyl (C=O) groups excluding carboxylic acids is 2. The molecule has 0 spiro atoms. The van der Waals surface area contributed by atoms with Crippen molar-refractivity contribution in [3.8, 4) is 5.75 Å². The molecule has 1 aliphatic heterocycles. The van der Waals surface area contributed by atoms with Gasteiger partial charge in [0.1, 0.15) is 5.75 Å². The molecule has 1 aliphatic rings. The van der Waals surface area contributed by atoms with Gasteiger partial charge in [-0.3, -0.25) is 4.79 Å². The van der Waals surface area contributed by atoms with E-state index in [0.29, 0.717) is 12.4 Å². The summed E-state index contributed by atoms with van der Waals surface area (Å²) in [6, 6.07) is 7.15. The molecule has 28 heavy (non-hydrogen) atoms. The largest absolute Gasteiger partial charge is 0.482 e. The van der Waals surface area contributed by atoms with Crippen molar-refractivity contribution in [3.63, 3.8) is 0 Å². The lowest BCUT2D eigenvalue weighted by Gasteiger charge is -2.32. The zero-order valence-corrected chi connectivity index (χ0v) is 17.4. The Hall–Kier alpha value is -2.06. The van der Waals surface area contributed by atoms with E-state index in [9.17, 15) is 9.59 Å². The fraction of sp³-hybridized carbons (Fsp3) is 0.600. The van der Waals surface area contributed by atoms with Gasteiger partial charge in [0.15, 0.2) is 6.61 Å². The van der Waals surface area contributed by atoms with E-state index < -0.39 is 24.3 Å². The summed E-state index contributed by atoms with van der Waals surface area (Å²) >= 11 is 0. The van der Waals surface area contributed by atoms with E-state index in [1.165, 1.54) is 7.11 Å². The summed E-state index contributed by atoms with van der Waals surface area (Å²) in [5.74, 6) is -0.579. The van der Waals surface area contributed by atoms with Crippen LogP contribution in [0.3, 0.4) is 0 Å². The number of hydrogen-bond acceptors (Lipinski definition) is 7. The lowest BCUT2D eigenvalue weighted by Crippen LogP contribution is -2.41. The summed E-state index contributed by atoms with van der Waals surface area (Å²) < 4.78 is 27.4. The Morgan fingerprint density at radius 3 is 2.11 bits per heavy atom. The van der Waals surface area contributed by atoms with Crippen molar-refractivity contribution in [2.24, 2.45) is 0 Å². The van der Waals surface area contributed by atoms with Crippen LogP contribution in [0.1, 0.15) is 52.4 Å². The fourth-order valence-electron chi connectivity index (χ4n) is 2.84. The van der Waals surface area contributed by atoms with Crippen LogP contribution in [0.25, 0.3) is 0 Å². The van der Waals surface area contributed by atoms with Gasteiger partial charge >= 0.3 is 19.1 Å². The number of carbonyl (C=O) groups is 2. The highest BCUT2D eigenvalue weighted by atomic mass is 16.7. The molecule has 0 N–H and O–H groups in total. The molecule has 7 nitrogen and oxygen atoms in total. The topological polar surface area (TPSA) is 80.3 Å². The minimum Gasteiger partial charge on any atom is -0.482 e. The van der Waals surface area contributed by atoms with Gasteiger partial charge in [0.25, 0.3) is 0 Å². The van der Waals surface area contributed by atoms with Crippen molar-refractivity contribution in [1.82, 2.24) is 0 Å². The molecule has 0 amide bonds. The Morgan fingerprint density at radius 1 is 1.04 bits per heavy atom. The molecule has 1 aromatic carbocycles. The number of ether oxygens (including phenoxy) is 3. The van der Waals surface area contributed by atoms with Gasteiger partial charge in [-0.1, -0.05) is 12.1 Å².